The van der Waals surface area contributed by atoms with Crippen molar-refractivity contribution in [3.8, 4) is 0 Å². The first kappa shape index (κ1) is 19.0. The molecule has 0 amide bonds. The fourth-order valence-electron chi connectivity index (χ4n) is 7.21. The Labute approximate surface area is 173 Å². The van der Waals surface area contributed by atoms with Crippen LogP contribution in [0.4, 0.5) is 0 Å². The van der Waals surface area contributed by atoms with Crippen molar-refractivity contribution in [1.82, 2.24) is 4.98 Å². The van der Waals surface area contributed by atoms with E-state index in [0.717, 1.165) is 44.9 Å². The molecule has 1 heterocycles. The molecule has 154 valence electrons. The van der Waals surface area contributed by atoms with E-state index in [1.54, 1.807) is 24.5 Å². The Morgan fingerprint density at radius 1 is 1.07 bits per heavy atom. The van der Waals surface area contributed by atoms with Gasteiger partial charge in [0.1, 0.15) is 11.9 Å². The minimum atomic E-state index is -0.242. The Bertz CT molecular complexity index is 862. The first-order valence-electron chi connectivity index (χ1n) is 11.3. The highest BCUT2D eigenvalue weighted by Gasteiger charge is 2.58. The zero-order valence-corrected chi connectivity index (χ0v) is 17.5. The monoisotopic (exact) mass is 393 g/mol. The maximum atomic E-state index is 12.6. The lowest BCUT2D eigenvalue weighted by atomic mass is 9.48. The highest BCUT2D eigenvalue weighted by Crippen LogP contribution is 2.64. The van der Waals surface area contributed by atoms with E-state index >= 15 is 0 Å². The summed E-state index contributed by atoms with van der Waals surface area (Å²) in [6, 6.07) is 3.42. The van der Waals surface area contributed by atoms with E-state index in [4.69, 9.17) is 4.74 Å². The molecule has 0 spiro atoms. The molecule has 4 aliphatic rings. The number of allylic oxidation sites excluding steroid dienone is 1. The SMILES string of the molecule is C[C@]12CC[C@H](OC(=O)c3ccncc3)CC1=CCC1C2CC[C@]2(C)C(=O)CCC12. The molecule has 3 fully saturated rings. The number of rotatable bonds is 2. The smallest absolute Gasteiger partial charge is 0.338 e. The van der Waals surface area contributed by atoms with Crippen LogP contribution in [0.5, 0.6) is 0 Å². The van der Waals surface area contributed by atoms with Gasteiger partial charge in [0, 0.05) is 30.7 Å². The number of ketones is 1. The van der Waals surface area contributed by atoms with Crippen LogP contribution in [0.1, 0.15) is 75.6 Å². The van der Waals surface area contributed by atoms with Crippen LogP contribution in [0.25, 0.3) is 0 Å². The lowest BCUT2D eigenvalue weighted by molar-refractivity contribution is -0.132. The molecular weight excluding hydrogens is 362 g/mol. The van der Waals surface area contributed by atoms with Gasteiger partial charge in [0.15, 0.2) is 0 Å². The van der Waals surface area contributed by atoms with Gasteiger partial charge < -0.3 is 4.74 Å². The molecule has 0 radical (unpaired) electrons. The summed E-state index contributed by atoms with van der Waals surface area (Å²) in [6.45, 7) is 4.68. The van der Waals surface area contributed by atoms with Gasteiger partial charge in [-0.15, -0.1) is 0 Å². The maximum Gasteiger partial charge on any atom is 0.338 e. The molecule has 0 bridgehead atoms. The first-order chi connectivity index (χ1) is 13.9. The van der Waals surface area contributed by atoms with E-state index in [-0.39, 0.29) is 22.9 Å². The van der Waals surface area contributed by atoms with Crippen molar-refractivity contribution in [1.29, 1.82) is 0 Å². The number of pyridine rings is 1. The van der Waals surface area contributed by atoms with E-state index in [2.05, 4.69) is 24.9 Å². The van der Waals surface area contributed by atoms with Crippen LogP contribution in [-0.4, -0.2) is 22.8 Å². The first-order valence-corrected chi connectivity index (χ1v) is 11.3. The standard InChI is InChI=1S/C25H31NO3/c1-24-11-7-18(29-23(28)16-9-13-26-14-10-16)15-17(24)3-4-19-20-5-6-22(27)25(20,2)12-8-21(19)24/h3,9-10,13-14,18-21H,4-8,11-12,15H2,1-2H3/t18-,19?,20?,21?,24-,25-/m0/s1. The molecule has 4 heteroatoms. The highest BCUT2D eigenvalue weighted by atomic mass is 16.5. The van der Waals surface area contributed by atoms with Crippen molar-refractivity contribution < 1.29 is 14.3 Å². The minimum absolute atomic E-state index is 0.0338. The lowest BCUT2D eigenvalue weighted by Crippen LogP contribution is -2.50. The molecule has 3 saturated carbocycles. The van der Waals surface area contributed by atoms with Crippen molar-refractivity contribution in [3.05, 3.63) is 41.7 Å². The molecule has 0 N–H and O–H groups in total. The molecule has 4 nitrogen and oxygen atoms in total. The van der Waals surface area contributed by atoms with Gasteiger partial charge in [-0.2, -0.15) is 0 Å². The van der Waals surface area contributed by atoms with E-state index in [1.165, 1.54) is 12.0 Å². The van der Waals surface area contributed by atoms with Crippen molar-refractivity contribution in [2.45, 2.75) is 71.3 Å². The van der Waals surface area contributed by atoms with Gasteiger partial charge in [0.05, 0.1) is 5.56 Å². The molecule has 0 aromatic carbocycles. The fourth-order valence-corrected chi connectivity index (χ4v) is 7.21. The van der Waals surface area contributed by atoms with E-state index in [9.17, 15) is 9.59 Å². The lowest BCUT2D eigenvalue weighted by Gasteiger charge is -2.56. The van der Waals surface area contributed by atoms with Gasteiger partial charge >= 0.3 is 5.97 Å². The number of fused-ring (bicyclic) bond motifs is 5. The Balaban J connectivity index is 1.33. The second-order valence-electron chi connectivity index (χ2n) is 10.2. The van der Waals surface area contributed by atoms with Crippen LogP contribution in [-0.2, 0) is 9.53 Å². The van der Waals surface area contributed by atoms with Gasteiger partial charge in [0.25, 0.3) is 0 Å². The second-order valence-corrected chi connectivity index (χ2v) is 10.2. The quantitative estimate of drug-likeness (QED) is 0.516. The van der Waals surface area contributed by atoms with Crippen molar-refractivity contribution in [2.75, 3.05) is 0 Å². The summed E-state index contributed by atoms with van der Waals surface area (Å²) in [6.07, 6.45) is 13.7. The summed E-state index contributed by atoms with van der Waals surface area (Å²) >= 11 is 0. The summed E-state index contributed by atoms with van der Waals surface area (Å²) in [5, 5.41) is 0. The van der Waals surface area contributed by atoms with Crippen molar-refractivity contribution >= 4 is 11.8 Å². The van der Waals surface area contributed by atoms with Gasteiger partial charge in [0.2, 0.25) is 0 Å². The number of ether oxygens (including phenoxy) is 1. The molecule has 0 aliphatic heterocycles. The summed E-state index contributed by atoms with van der Waals surface area (Å²) in [5.74, 6) is 2.14. The van der Waals surface area contributed by atoms with Crippen LogP contribution in [0.3, 0.4) is 0 Å². The summed E-state index contributed by atoms with van der Waals surface area (Å²) in [5.41, 5.74) is 2.20. The molecule has 29 heavy (non-hydrogen) atoms. The Morgan fingerprint density at radius 3 is 2.59 bits per heavy atom. The molecule has 0 saturated heterocycles. The normalized spacial score (nSPS) is 41.0. The van der Waals surface area contributed by atoms with Crippen molar-refractivity contribution in [3.63, 3.8) is 0 Å². The van der Waals surface area contributed by atoms with Crippen LogP contribution in [0, 0.1) is 28.6 Å². The van der Waals surface area contributed by atoms with Crippen molar-refractivity contribution in [2.24, 2.45) is 28.6 Å². The molecular formula is C25H31NO3. The number of nitrogens with zero attached hydrogens (tertiary/aromatic N) is 1. The minimum Gasteiger partial charge on any atom is -0.458 e. The zero-order valence-electron chi connectivity index (χ0n) is 17.5. The molecule has 6 atom stereocenters. The van der Waals surface area contributed by atoms with Crippen LogP contribution < -0.4 is 0 Å². The van der Waals surface area contributed by atoms with E-state index in [1.807, 2.05) is 0 Å². The molecule has 3 unspecified atom stereocenters. The van der Waals surface area contributed by atoms with Crippen LogP contribution >= 0.6 is 0 Å². The number of aromatic nitrogens is 1. The largest absolute Gasteiger partial charge is 0.458 e. The predicted octanol–water partition coefficient (Wildman–Crippen LogP) is 5.14. The highest BCUT2D eigenvalue weighted by molar-refractivity contribution is 5.89. The Hall–Kier alpha value is -1.97. The second kappa shape index (κ2) is 6.78. The summed E-state index contributed by atoms with van der Waals surface area (Å²) < 4.78 is 5.85. The molecule has 1 aromatic heterocycles. The zero-order chi connectivity index (χ0) is 20.2. The Morgan fingerprint density at radius 2 is 1.79 bits per heavy atom. The molecule has 5 rings (SSSR count). The van der Waals surface area contributed by atoms with E-state index < -0.39 is 0 Å². The average molecular weight is 394 g/mol. The number of carbonyl (C=O) groups is 2. The van der Waals surface area contributed by atoms with Crippen LogP contribution in [0.2, 0.25) is 0 Å². The van der Waals surface area contributed by atoms with Gasteiger partial charge in [-0.05, 0) is 73.8 Å². The molecule has 4 aliphatic carbocycles. The topological polar surface area (TPSA) is 56.3 Å². The maximum absolute atomic E-state index is 12.6. The third kappa shape index (κ3) is 2.90. The number of hydrogen-bond acceptors (Lipinski definition) is 4. The third-order valence-electron chi connectivity index (χ3n) is 8.96. The van der Waals surface area contributed by atoms with Gasteiger partial charge in [-0.1, -0.05) is 25.5 Å². The Kier molecular flexibility index (Phi) is 4.45. The van der Waals surface area contributed by atoms with Crippen LogP contribution in [0.15, 0.2) is 36.2 Å². The van der Waals surface area contributed by atoms with Gasteiger partial charge in [-0.25, -0.2) is 4.79 Å². The number of Topliss-reactive ketones (excluding diaryl/α,β-unsaturated/α-hetero) is 1. The molecule has 1 aromatic rings. The third-order valence-corrected chi connectivity index (χ3v) is 8.96. The number of carbonyl (C=O) groups excluding carboxylic acids is 2. The predicted molar refractivity (Wildman–Crippen MR) is 110 cm³/mol. The summed E-state index contributed by atoms with van der Waals surface area (Å²) in [4.78, 5) is 29.0. The van der Waals surface area contributed by atoms with E-state index in [0.29, 0.717) is 29.1 Å². The fraction of sp³-hybridized carbons (Fsp3) is 0.640. The van der Waals surface area contributed by atoms with Gasteiger partial charge in [-0.3, -0.25) is 9.78 Å². The number of esters is 1. The number of hydrogen-bond donors (Lipinski definition) is 0. The average Bonchev–Trinajstić information content (AvgIpc) is 3.03. The summed E-state index contributed by atoms with van der Waals surface area (Å²) in [7, 11) is 0.